The van der Waals surface area contributed by atoms with Crippen molar-refractivity contribution in [3.05, 3.63) is 82.0 Å². The number of methoxy groups -OCH3 is 1. The monoisotopic (exact) mass is 416 g/mol. The molecule has 0 spiro atoms. The number of ether oxygens (including phenoxy) is 1. The normalized spacial score (nSPS) is 11.2. The quantitative estimate of drug-likeness (QED) is 0.591. The Bertz CT molecular complexity index is 1050. The van der Waals surface area contributed by atoms with Crippen molar-refractivity contribution in [1.82, 2.24) is 10.0 Å². The van der Waals surface area contributed by atoms with Gasteiger partial charge in [0.1, 0.15) is 5.75 Å². The first-order valence-electron chi connectivity index (χ1n) is 8.51. The van der Waals surface area contributed by atoms with Crippen LogP contribution in [0.25, 0.3) is 0 Å². The maximum Gasteiger partial charge on any atom is 0.251 e. The summed E-state index contributed by atoms with van der Waals surface area (Å²) >= 11 is 1.47. The SMILES string of the molecule is COc1cccc(CNC(=O)c2cccc(S(=O)(=O)NCc3cccs3)c2)c1. The lowest BCUT2D eigenvalue weighted by Gasteiger charge is -2.09. The lowest BCUT2D eigenvalue weighted by Crippen LogP contribution is -2.25. The Morgan fingerprint density at radius 1 is 1.04 bits per heavy atom. The Kier molecular flexibility index (Phi) is 6.45. The topological polar surface area (TPSA) is 84.5 Å². The van der Waals surface area contributed by atoms with Crippen LogP contribution < -0.4 is 14.8 Å². The number of nitrogens with one attached hydrogen (secondary N) is 2. The summed E-state index contributed by atoms with van der Waals surface area (Å²) in [5.74, 6) is 0.356. The summed E-state index contributed by atoms with van der Waals surface area (Å²) < 4.78 is 32.7. The third kappa shape index (κ3) is 5.19. The van der Waals surface area contributed by atoms with Crippen molar-refractivity contribution in [3.63, 3.8) is 0 Å². The molecule has 1 heterocycles. The number of benzene rings is 2. The second-order valence-corrected chi connectivity index (χ2v) is 8.77. The molecule has 0 aliphatic carbocycles. The van der Waals surface area contributed by atoms with Crippen LogP contribution in [0.15, 0.2) is 70.9 Å². The molecule has 2 aromatic carbocycles. The van der Waals surface area contributed by atoms with Crippen molar-refractivity contribution in [2.24, 2.45) is 0 Å². The summed E-state index contributed by atoms with van der Waals surface area (Å²) in [6, 6.07) is 17.1. The van der Waals surface area contributed by atoms with E-state index in [0.717, 1.165) is 10.4 Å². The molecule has 0 fully saturated rings. The van der Waals surface area contributed by atoms with Crippen LogP contribution >= 0.6 is 11.3 Å². The van der Waals surface area contributed by atoms with Gasteiger partial charge in [0.05, 0.1) is 12.0 Å². The summed E-state index contributed by atoms with van der Waals surface area (Å²) in [5.41, 5.74) is 1.16. The highest BCUT2D eigenvalue weighted by molar-refractivity contribution is 7.89. The molecule has 6 nitrogen and oxygen atoms in total. The fourth-order valence-corrected chi connectivity index (χ4v) is 4.32. The molecule has 0 saturated heterocycles. The highest BCUT2D eigenvalue weighted by Crippen LogP contribution is 2.15. The maximum absolute atomic E-state index is 12.5. The predicted molar refractivity (Wildman–Crippen MR) is 109 cm³/mol. The van der Waals surface area contributed by atoms with Gasteiger partial charge in [0.2, 0.25) is 10.0 Å². The van der Waals surface area contributed by atoms with E-state index in [1.54, 1.807) is 19.2 Å². The Morgan fingerprint density at radius 3 is 2.61 bits per heavy atom. The molecular formula is C20H20N2O4S2. The molecule has 3 rings (SSSR count). The van der Waals surface area contributed by atoms with Crippen molar-refractivity contribution in [2.45, 2.75) is 18.0 Å². The van der Waals surface area contributed by atoms with E-state index < -0.39 is 10.0 Å². The molecule has 3 aromatic rings. The Balaban J connectivity index is 1.66. The molecule has 0 aliphatic heterocycles. The molecule has 0 saturated carbocycles. The Morgan fingerprint density at radius 2 is 1.86 bits per heavy atom. The highest BCUT2D eigenvalue weighted by Gasteiger charge is 2.16. The number of carbonyl (C=O) groups is 1. The fraction of sp³-hybridized carbons (Fsp3) is 0.150. The largest absolute Gasteiger partial charge is 0.497 e. The van der Waals surface area contributed by atoms with Gasteiger partial charge in [-0.15, -0.1) is 11.3 Å². The van der Waals surface area contributed by atoms with Crippen LogP contribution in [0.5, 0.6) is 5.75 Å². The van der Waals surface area contributed by atoms with Crippen molar-refractivity contribution >= 4 is 27.3 Å². The second-order valence-electron chi connectivity index (χ2n) is 5.97. The van der Waals surface area contributed by atoms with Crippen LogP contribution in [0.4, 0.5) is 0 Å². The van der Waals surface area contributed by atoms with E-state index in [0.29, 0.717) is 12.3 Å². The van der Waals surface area contributed by atoms with Gasteiger partial charge in [-0.1, -0.05) is 24.3 Å². The van der Waals surface area contributed by atoms with Gasteiger partial charge in [0.25, 0.3) is 5.91 Å². The van der Waals surface area contributed by atoms with E-state index >= 15 is 0 Å². The van der Waals surface area contributed by atoms with Crippen LogP contribution in [0.2, 0.25) is 0 Å². The molecule has 146 valence electrons. The van der Waals surface area contributed by atoms with Gasteiger partial charge in [-0.2, -0.15) is 0 Å². The highest BCUT2D eigenvalue weighted by atomic mass is 32.2. The van der Waals surface area contributed by atoms with E-state index in [-0.39, 0.29) is 22.9 Å². The number of carbonyl (C=O) groups excluding carboxylic acids is 1. The summed E-state index contributed by atoms with van der Waals surface area (Å²) in [7, 11) is -2.13. The summed E-state index contributed by atoms with van der Waals surface area (Å²) in [4.78, 5) is 13.4. The first-order valence-corrected chi connectivity index (χ1v) is 10.9. The molecule has 2 N–H and O–H groups in total. The Labute approximate surface area is 168 Å². The zero-order valence-corrected chi connectivity index (χ0v) is 16.8. The molecule has 0 atom stereocenters. The van der Waals surface area contributed by atoms with Crippen molar-refractivity contribution < 1.29 is 17.9 Å². The minimum absolute atomic E-state index is 0.0538. The summed E-state index contributed by atoms with van der Waals surface area (Å²) in [5, 5.41) is 4.68. The van der Waals surface area contributed by atoms with Crippen molar-refractivity contribution in [2.75, 3.05) is 7.11 Å². The number of amides is 1. The zero-order valence-electron chi connectivity index (χ0n) is 15.2. The number of thiophene rings is 1. The van der Waals surface area contributed by atoms with E-state index in [1.165, 1.54) is 23.5 Å². The van der Waals surface area contributed by atoms with Crippen LogP contribution in [-0.2, 0) is 23.1 Å². The van der Waals surface area contributed by atoms with Gasteiger partial charge in [-0.3, -0.25) is 4.79 Å². The van der Waals surface area contributed by atoms with Gasteiger partial charge in [-0.25, -0.2) is 13.1 Å². The number of sulfonamides is 1. The smallest absolute Gasteiger partial charge is 0.251 e. The first kappa shape index (κ1) is 20.1. The van der Waals surface area contributed by atoms with Gasteiger partial charge in [-0.05, 0) is 47.3 Å². The van der Waals surface area contributed by atoms with Gasteiger partial charge in [0, 0.05) is 23.5 Å². The fourth-order valence-electron chi connectivity index (χ4n) is 2.53. The van der Waals surface area contributed by atoms with Gasteiger partial charge < -0.3 is 10.1 Å². The lowest BCUT2D eigenvalue weighted by molar-refractivity contribution is 0.0950. The molecule has 28 heavy (non-hydrogen) atoms. The van der Waals surface area contributed by atoms with E-state index in [9.17, 15) is 13.2 Å². The number of hydrogen-bond acceptors (Lipinski definition) is 5. The predicted octanol–water partition coefficient (Wildman–Crippen LogP) is 3.17. The molecule has 0 unspecified atom stereocenters. The molecule has 1 aromatic heterocycles. The number of hydrogen-bond donors (Lipinski definition) is 2. The molecule has 0 radical (unpaired) electrons. The minimum Gasteiger partial charge on any atom is -0.497 e. The van der Waals surface area contributed by atoms with E-state index in [1.807, 2.05) is 41.8 Å². The minimum atomic E-state index is -3.71. The third-order valence-electron chi connectivity index (χ3n) is 4.01. The van der Waals surface area contributed by atoms with Crippen LogP contribution in [0, 0.1) is 0 Å². The summed E-state index contributed by atoms with van der Waals surface area (Å²) in [6.07, 6.45) is 0. The average Bonchev–Trinajstić information content (AvgIpc) is 3.24. The van der Waals surface area contributed by atoms with E-state index in [4.69, 9.17) is 4.74 Å². The van der Waals surface area contributed by atoms with Gasteiger partial charge in [0.15, 0.2) is 0 Å². The molecule has 8 heteroatoms. The lowest BCUT2D eigenvalue weighted by atomic mass is 10.2. The molecule has 0 aliphatic rings. The summed E-state index contributed by atoms with van der Waals surface area (Å²) in [6.45, 7) is 0.524. The number of rotatable bonds is 8. The third-order valence-corrected chi connectivity index (χ3v) is 6.29. The van der Waals surface area contributed by atoms with E-state index in [2.05, 4.69) is 10.0 Å². The maximum atomic E-state index is 12.5. The standard InChI is InChI=1S/C20H20N2O4S2/c1-26-17-7-2-5-15(11-17)13-21-20(23)16-6-3-9-19(12-16)28(24,25)22-14-18-8-4-10-27-18/h2-12,22H,13-14H2,1H3,(H,21,23). The molecule has 0 bridgehead atoms. The van der Waals surface area contributed by atoms with Crippen molar-refractivity contribution in [1.29, 1.82) is 0 Å². The van der Waals surface area contributed by atoms with Crippen LogP contribution in [0.3, 0.4) is 0 Å². The van der Waals surface area contributed by atoms with Gasteiger partial charge >= 0.3 is 0 Å². The average molecular weight is 417 g/mol. The molecule has 1 amide bonds. The first-order chi connectivity index (χ1) is 13.5. The zero-order chi connectivity index (χ0) is 20.0. The second kappa shape index (κ2) is 9.01. The Hall–Kier alpha value is -2.68. The van der Waals surface area contributed by atoms with Crippen LogP contribution in [-0.4, -0.2) is 21.4 Å². The molecular weight excluding hydrogens is 396 g/mol. The van der Waals surface area contributed by atoms with Crippen molar-refractivity contribution in [3.8, 4) is 5.75 Å². The van der Waals surface area contributed by atoms with Crippen LogP contribution in [0.1, 0.15) is 20.8 Å².